The van der Waals surface area contributed by atoms with Crippen LogP contribution in [0.2, 0.25) is 0 Å². The number of rotatable bonds is 5. The summed E-state index contributed by atoms with van der Waals surface area (Å²) in [4.78, 5) is 12.2. The minimum atomic E-state index is -0.0758. The molecule has 0 aromatic heterocycles. The zero-order valence-corrected chi connectivity index (χ0v) is 12.3. The largest absolute Gasteiger partial charge is 0.454 e. The van der Waals surface area contributed by atoms with Crippen molar-refractivity contribution in [2.75, 3.05) is 13.4 Å². The van der Waals surface area contributed by atoms with E-state index in [1.54, 1.807) is 18.2 Å². The van der Waals surface area contributed by atoms with Gasteiger partial charge in [-0.3, -0.25) is 4.79 Å². The molecule has 21 heavy (non-hydrogen) atoms. The quantitative estimate of drug-likeness (QED) is 0.905. The van der Waals surface area contributed by atoms with Gasteiger partial charge in [-0.25, -0.2) is 0 Å². The molecule has 5 heteroatoms. The molecule has 1 fully saturated rings. The van der Waals surface area contributed by atoms with E-state index in [1.165, 1.54) is 0 Å². The second kappa shape index (κ2) is 6.35. The first kappa shape index (κ1) is 14.2. The van der Waals surface area contributed by atoms with Gasteiger partial charge in [0.2, 0.25) is 6.79 Å². The highest BCUT2D eigenvalue weighted by molar-refractivity contribution is 5.95. The molecule has 1 aromatic carbocycles. The molecule has 0 radical (unpaired) electrons. The SMILES string of the molecule is C[C@@H](CC[C@H]1CCCO1)NC(=O)c1ccc2c(c1)OCO2. The van der Waals surface area contributed by atoms with Crippen LogP contribution < -0.4 is 14.8 Å². The van der Waals surface area contributed by atoms with Gasteiger partial charge < -0.3 is 19.5 Å². The number of ether oxygens (including phenoxy) is 3. The third-order valence-electron chi connectivity index (χ3n) is 3.96. The summed E-state index contributed by atoms with van der Waals surface area (Å²) in [7, 11) is 0. The fourth-order valence-electron chi connectivity index (χ4n) is 2.72. The Bertz CT molecular complexity index is 511. The Morgan fingerprint density at radius 3 is 3.05 bits per heavy atom. The Labute approximate surface area is 124 Å². The minimum Gasteiger partial charge on any atom is -0.454 e. The van der Waals surface area contributed by atoms with E-state index in [-0.39, 0.29) is 18.7 Å². The zero-order chi connectivity index (χ0) is 14.7. The van der Waals surface area contributed by atoms with Crippen molar-refractivity contribution in [3.8, 4) is 11.5 Å². The van der Waals surface area contributed by atoms with Gasteiger partial charge in [0, 0.05) is 18.2 Å². The number of hydrogen-bond donors (Lipinski definition) is 1. The van der Waals surface area contributed by atoms with E-state index in [0.717, 1.165) is 32.3 Å². The average molecular weight is 291 g/mol. The maximum atomic E-state index is 12.2. The standard InChI is InChI=1S/C16H21NO4/c1-11(4-6-13-3-2-8-19-13)17-16(18)12-5-7-14-15(9-12)21-10-20-14/h5,7,9,11,13H,2-4,6,8,10H2,1H3,(H,17,18)/t11-,13+/m0/s1. The number of nitrogens with one attached hydrogen (secondary N) is 1. The molecule has 114 valence electrons. The summed E-state index contributed by atoms with van der Waals surface area (Å²) < 4.78 is 16.1. The minimum absolute atomic E-state index is 0.0758. The summed E-state index contributed by atoms with van der Waals surface area (Å²) >= 11 is 0. The molecule has 2 atom stereocenters. The van der Waals surface area contributed by atoms with Crippen LogP contribution in [0.25, 0.3) is 0 Å². The lowest BCUT2D eigenvalue weighted by molar-refractivity contribution is 0.0899. The maximum absolute atomic E-state index is 12.2. The molecular formula is C16H21NO4. The fraction of sp³-hybridized carbons (Fsp3) is 0.562. The Morgan fingerprint density at radius 2 is 2.24 bits per heavy atom. The van der Waals surface area contributed by atoms with Crippen molar-refractivity contribution in [3.63, 3.8) is 0 Å². The lowest BCUT2D eigenvalue weighted by Crippen LogP contribution is -2.33. The molecule has 2 aliphatic rings. The highest BCUT2D eigenvalue weighted by Gasteiger charge is 2.19. The molecule has 0 aliphatic carbocycles. The van der Waals surface area contributed by atoms with Gasteiger partial charge in [-0.1, -0.05) is 0 Å². The maximum Gasteiger partial charge on any atom is 0.251 e. The Balaban J connectivity index is 1.50. The number of amides is 1. The molecule has 1 amide bonds. The lowest BCUT2D eigenvalue weighted by atomic mass is 10.1. The van der Waals surface area contributed by atoms with Gasteiger partial charge >= 0.3 is 0 Å². The first-order chi connectivity index (χ1) is 10.2. The van der Waals surface area contributed by atoms with Gasteiger partial charge in [-0.05, 0) is 50.8 Å². The van der Waals surface area contributed by atoms with E-state index < -0.39 is 0 Å². The molecule has 1 N–H and O–H groups in total. The lowest BCUT2D eigenvalue weighted by Gasteiger charge is -2.16. The fourth-order valence-corrected chi connectivity index (χ4v) is 2.72. The van der Waals surface area contributed by atoms with E-state index in [0.29, 0.717) is 23.2 Å². The highest BCUT2D eigenvalue weighted by Crippen LogP contribution is 2.32. The zero-order valence-electron chi connectivity index (χ0n) is 12.3. The van der Waals surface area contributed by atoms with Crippen LogP contribution >= 0.6 is 0 Å². The summed E-state index contributed by atoms with van der Waals surface area (Å²) in [6.07, 6.45) is 4.60. The Morgan fingerprint density at radius 1 is 1.38 bits per heavy atom. The van der Waals surface area contributed by atoms with E-state index in [2.05, 4.69) is 5.32 Å². The van der Waals surface area contributed by atoms with Crippen LogP contribution in [0, 0.1) is 0 Å². The van der Waals surface area contributed by atoms with Crippen molar-refractivity contribution in [2.24, 2.45) is 0 Å². The second-order valence-electron chi connectivity index (χ2n) is 5.65. The Kier molecular flexibility index (Phi) is 4.29. The normalized spacial score (nSPS) is 21.3. The summed E-state index contributed by atoms with van der Waals surface area (Å²) in [5.74, 6) is 1.25. The Hall–Kier alpha value is -1.75. The molecule has 5 nitrogen and oxygen atoms in total. The van der Waals surface area contributed by atoms with Crippen LogP contribution in [0.1, 0.15) is 43.0 Å². The van der Waals surface area contributed by atoms with E-state index >= 15 is 0 Å². The molecule has 0 bridgehead atoms. The van der Waals surface area contributed by atoms with Gasteiger partial charge in [0.25, 0.3) is 5.91 Å². The van der Waals surface area contributed by atoms with Gasteiger partial charge in [-0.15, -0.1) is 0 Å². The number of fused-ring (bicyclic) bond motifs is 1. The first-order valence-corrected chi connectivity index (χ1v) is 7.54. The molecule has 2 heterocycles. The summed E-state index contributed by atoms with van der Waals surface area (Å²) in [5, 5.41) is 3.02. The van der Waals surface area contributed by atoms with E-state index in [1.807, 2.05) is 6.92 Å². The third kappa shape index (κ3) is 3.47. The monoisotopic (exact) mass is 291 g/mol. The van der Waals surface area contributed by atoms with Crippen molar-refractivity contribution in [2.45, 2.75) is 44.8 Å². The topological polar surface area (TPSA) is 56.8 Å². The summed E-state index contributed by atoms with van der Waals surface area (Å²) in [5.41, 5.74) is 0.600. The predicted molar refractivity (Wildman–Crippen MR) is 77.7 cm³/mol. The van der Waals surface area contributed by atoms with Gasteiger partial charge in [0.05, 0.1) is 6.10 Å². The van der Waals surface area contributed by atoms with Crippen LogP contribution in [-0.2, 0) is 4.74 Å². The molecule has 1 aromatic rings. The van der Waals surface area contributed by atoms with Crippen LogP contribution in [0.5, 0.6) is 11.5 Å². The molecular weight excluding hydrogens is 270 g/mol. The summed E-state index contributed by atoms with van der Waals surface area (Å²) in [6, 6.07) is 5.39. The van der Waals surface area contributed by atoms with Crippen molar-refractivity contribution in [3.05, 3.63) is 23.8 Å². The van der Waals surface area contributed by atoms with Crippen molar-refractivity contribution in [1.82, 2.24) is 5.32 Å². The smallest absolute Gasteiger partial charge is 0.251 e. The van der Waals surface area contributed by atoms with E-state index in [4.69, 9.17) is 14.2 Å². The van der Waals surface area contributed by atoms with Crippen molar-refractivity contribution < 1.29 is 19.0 Å². The van der Waals surface area contributed by atoms with Gasteiger partial charge in [0.15, 0.2) is 11.5 Å². The molecule has 1 saturated heterocycles. The van der Waals surface area contributed by atoms with Crippen molar-refractivity contribution in [1.29, 1.82) is 0 Å². The predicted octanol–water partition coefficient (Wildman–Crippen LogP) is 2.49. The molecule has 2 aliphatic heterocycles. The van der Waals surface area contributed by atoms with Gasteiger partial charge in [-0.2, -0.15) is 0 Å². The summed E-state index contributed by atoms with van der Waals surface area (Å²) in [6.45, 7) is 3.13. The van der Waals surface area contributed by atoms with Crippen LogP contribution in [-0.4, -0.2) is 31.5 Å². The molecule has 3 rings (SSSR count). The van der Waals surface area contributed by atoms with Crippen LogP contribution in [0.3, 0.4) is 0 Å². The van der Waals surface area contributed by atoms with Gasteiger partial charge in [0.1, 0.15) is 0 Å². The molecule has 0 unspecified atom stereocenters. The van der Waals surface area contributed by atoms with Crippen molar-refractivity contribution >= 4 is 5.91 Å². The molecule has 0 spiro atoms. The first-order valence-electron chi connectivity index (χ1n) is 7.54. The van der Waals surface area contributed by atoms with Crippen LogP contribution in [0.4, 0.5) is 0 Å². The number of benzene rings is 1. The number of carbonyl (C=O) groups is 1. The van der Waals surface area contributed by atoms with E-state index in [9.17, 15) is 4.79 Å². The number of hydrogen-bond acceptors (Lipinski definition) is 4. The second-order valence-corrected chi connectivity index (χ2v) is 5.65. The molecule has 0 saturated carbocycles. The average Bonchev–Trinajstić information content (AvgIpc) is 3.15. The number of carbonyl (C=O) groups excluding carboxylic acids is 1. The highest BCUT2D eigenvalue weighted by atomic mass is 16.7. The van der Waals surface area contributed by atoms with Crippen LogP contribution in [0.15, 0.2) is 18.2 Å². The third-order valence-corrected chi connectivity index (χ3v) is 3.96.